The normalized spacial score (nSPS) is 17.7. The number of sulfonamides is 1. The van der Waals surface area contributed by atoms with E-state index in [1.54, 1.807) is 37.3 Å². The summed E-state index contributed by atoms with van der Waals surface area (Å²) < 4.78 is 32.4. The summed E-state index contributed by atoms with van der Waals surface area (Å²) in [5, 5.41) is 14.9. The van der Waals surface area contributed by atoms with Crippen LogP contribution in [0.3, 0.4) is 0 Å². The van der Waals surface area contributed by atoms with Gasteiger partial charge in [-0.1, -0.05) is 36.6 Å². The molecule has 1 aliphatic heterocycles. The minimum absolute atomic E-state index is 0.0896. The van der Waals surface area contributed by atoms with Gasteiger partial charge in [0.15, 0.2) is 5.69 Å². The maximum Gasteiger partial charge on any atom is 0.273 e. The van der Waals surface area contributed by atoms with Crippen molar-refractivity contribution in [2.45, 2.75) is 56.4 Å². The van der Waals surface area contributed by atoms with Crippen LogP contribution in [0.5, 0.6) is 0 Å². The van der Waals surface area contributed by atoms with Crippen molar-refractivity contribution in [2.75, 3.05) is 19.6 Å². The van der Waals surface area contributed by atoms with E-state index in [0.29, 0.717) is 31.8 Å². The number of guanidine groups is 1. The zero-order valence-corrected chi connectivity index (χ0v) is 19.0. The molecule has 0 spiro atoms. The first-order chi connectivity index (χ1) is 15.4. The SMILES string of the molecule is Cc1cc(C(=O)NCCc2ccc(S(=O)(=O)N3CCN(C4CCCCC4)C3=N)cc2)no1. The number of aromatic nitrogens is 1. The van der Waals surface area contributed by atoms with E-state index >= 15 is 0 Å². The fourth-order valence-corrected chi connectivity index (χ4v) is 5.76. The molecule has 2 aromatic rings. The second kappa shape index (κ2) is 9.32. The monoisotopic (exact) mass is 459 g/mol. The summed E-state index contributed by atoms with van der Waals surface area (Å²) in [6, 6.07) is 8.49. The van der Waals surface area contributed by atoms with Gasteiger partial charge in [-0.2, -0.15) is 0 Å². The Kier molecular flexibility index (Phi) is 6.50. The molecule has 0 radical (unpaired) electrons. The van der Waals surface area contributed by atoms with Gasteiger partial charge in [-0.15, -0.1) is 0 Å². The van der Waals surface area contributed by atoms with E-state index in [1.807, 2.05) is 4.90 Å². The fraction of sp³-hybridized carbons (Fsp3) is 0.500. The summed E-state index contributed by atoms with van der Waals surface area (Å²) >= 11 is 0. The third-order valence-corrected chi connectivity index (χ3v) is 7.94. The second-order valence-electron chi connectivity index (χ2n) is 8.36. The number of benzene rings is 1. The van der Waals surface area contributed by atoms with Gasteiger partial charge in [-0.05, 0) is 43.9 Å². The maximum atomic E-state index is 13.1. The van der Waals surface area contributed by atoms with E-state index in [4.69, 9.17) is 9.93 Å². The quantitative estimate of drug-likeness (QED) is 0.657. The van der Waals surface area contributed by atoms with Crippen molar-refractivity contribution < 1.29 is 17.7 Å². The Hall–Kier alpha value is -2.88. The molecule has 32 heavy (non-hydrogen) atoms. The van der Waals surface area contributed by atoms with Gasteiger partial charge in [0.2, 0.25) is 5.96 Å². The Bertz CT molecular complexity index is 1070. The Balaban J connectivity index is 1.34. The summed E-state index contributed by atoms with van der Waals surface area (Å²) in [7, 11) is -3.77. The average Bonchev–Trinajstić information content (AvgIpc) is 3.40. The summed E-state index contributed by atoms with van der Waals surface area (Å²) in [6.45, 7) is 3.00. The zero-order chi connectivity index (χ0) is 22.7. The molecule has 2 fully saturated rings. The Labute approximate surface area is 188 Å². The highest BCUT2D eigenvalue weighted by molar-refractivity contribution is 7.89. The van der Waals surface area contributed by atoms with Crippen LogP contribution in [-0.2, 0) is 16.4 Å². The van der Waals surface area contributed by atoms with Gasteiger partial charge in [0, 0.05) is 25.2 Å². The number of nitrogens with one attached hydrogen (secondary N) is 2. The van der Waals surface area contributed by atoms with E-state index in [9.17, 15) is 13.2 Å². The molecule has 0 unspecified atom stereocenters. The van der Waals surface area contributed by atoms with Crippen LogP contribution in [0.4, 0.5) is 0 Å². The molecule has 0 atom stereocenters. The molecule has 1 saturated carbocycles. The molecule has 1 aliphatic carbocycles. The Morgan fingerprint density at radius 1 is 1.19 bits per heavy atom. The van der Waals surface area contributed by atoms with Crippen molar-refractivity contribution >= 4 is 21.9 Å². The molecule has 1 aromatic heterocycles. The van der Waals surface area contributed by atoms with Crippen LogP contribution in [0.2, 0.25) is 0 Å². The lowest BCUT2D eigenvalue weighted by Gasteiger charge is -2.32. The van der Waals surface area contributed by atoms with Gasteiger partial charge in [-0.25, -0.2) is 12.7 Å². The van der Waals surface area contributed by atoms with E-state index in [1.165, 1.54) is 10.7 Å². The van der Waals surface area contributed by atoms with Crippen molar-refractivity contribution in [1.82, 2.24) is 19.7 Å². The molecule has 4 rings (SSSR count). The molecule has 2 aliphatic rings. The minimum Gasteiger partial charge on any atom is -0.361 e. The van der Waals surface area contributed by atoms with Crippen LogP contribution in [0.25, 0.3) is 0 Å². The summed E-state index contributed by atoms with van der Waals surface area (Å²) in [6.07, 6.45) is 6.10. The smallest absolute Gasteiger partial charge is 0.273 e. The van der Waals surface area contributed by atoms with Gasteiger partial charge < -0.3 is 14.7 Å². The van der Waals surface area contributed by atoms with Crippen LogP contribution in [0, 0.1) is 12.3 Å². The predicted molar refractivity (Wildman–Crippen MR) is 119 cm³/mol. The minimum atomic E-state index is -3.77. The van der Waals surface area contributed by atoms with Crippen molar-refractivity contribution in [3.63, 3.8) is 0 Å². The van der Waals surface area contributed by atoms with Crippen LogP contribution in [0.15, 0.2) is 39.8 Å². The Morgan fingerprint density at radius 3 is 2.56 bits per heavy atom. The highest BCUT2D eigenvalue weighted by Crippen LogP contribution is 2.28. The summed E-state index contributed by atoms with van der Waals surface area (Å²) in [5.41, 5.74) is 1.14. The fourth-order valence-electron chi connectivity index (χ4n) is 4.38. The number of amides is 1. The lowest BCUT2D eigenvalue weighted by molar-refractivity contribution is 0.0945. The summed E-state index contributed by atoms with van der Waals surface area (Å²) in [5.74, 6) is 0.350. The molecule has 2 heterocycles. The van der Waals surface area contributed by atoms with Crippen molar-refractivity contribution in [2.24, 2.45) is 0 Å². The molecule has 1 amide bonds. The lowest BCUT2D eigenvalue weighted by atomic mass is 9.94. The van der Waals surface area contributed by atoms with Crippen LogP contribution >= 0.6 is 0 Å². The lowest BCUT2D eigenvalue weighted by Crippen LogP contribution is -2.42. The van der Waals surface area contributed by atoms with Gasteiger partial charge in [0.1, 0.15) is 5.76 Å². The topological polar surface area (TPSA) is 120 Å². The van der Waals surface area contributed by atoms with Crippen molar-refractivity contribution in [3.05, 3.63) is 47.3 Å². The number of nitrogens with zero attached hydrogens (tertiary/aromatic N) is 3. The van der Waals surface area contributed by atoms with E-state index in [2.05, 4.69) is 10.5 Å². The largest absolute Gasteiger partial charge is 0.361 e. The molecule has 0 bridgehead atoms. The first kappa shape index (κ1) is 22.3. The van der Waals surface area contributed by atoms with Gasteiger partial charge in [-0.3, -0.25) is 10.2 Å². The van der Waals surface area contributed by atoms with E-state index in [-0.39, 0.29) is 28.5 Å². The third kappa shape index (κ3) is 4.64. The molecular weight excluding hydrogens is 430 g/mol. The van der Waals surface area contributed by atoms with Gasteiger partial charge in [0.05, 0.1) is 11.4 Å². The van der Waals surface area contributed by atoms with Crippen molar-refractivity contribution in [1.29, 1.82) is 5.41 Å². The number of hydrogen-bond donors (Lipinski definition) is 2. The van der Waals surface area contributed by atoms with Crippen molar-refractivity contribution in [3.8, 4) is 0 Å². The summed E-state index contributed by atoms with van der Waals surface area (Å²) in [4.78, 5) is 14.1. The second-order valence-corrected chi connectivity index (χ2v) is 10.2. The first-order valence-corrected chi connectivity index (χ1v) is 12.5. The number of aryl methyl sites for hydroxylation is 1. The van der Waals surface area contributed by atoms with E-state index in [0.717, 1.165) is 31.2 Å². The van der Waals surface area contributed by atoms with E-state index < -0.39 is 10.0 Å². The van der Waals surface area contributed by atoms with Crippen LogP contribution < -0.4 is 5.32 Å². The van der Waals surface area contributed by atoms with Crippen LogP contribution in [-0.4, -0.2) is 60.3 Å². The Morgan fingerprint density at radius 2 is 1.91 bits per heavy atom. The van der Waals surface area contributed by atoms with Gasteiger partial charge in [0.25, 0.3) is 15.9 Å². The van der Waals surface area contributed by atoms with Crippen LogP contribution in [0.1, 0.15) is 53.9 Å². The number of hydrogen-bond acceptors (Lipinski definition) is 6. The zero-order valence-electron chi connectivity index (χ0n) is 18.2. The highest BCUT2D eigenvalue weighted by Gasteiger charge is 2.38. The number of carbonyl (C=O) groups excluding carboxylic acids is 1. The average molecular weight is 460 g/mol. The molecule has 1 saturated heterocycles. The first-order valence-electron chi connectivity index (χ1n) is 11.0. The standard InChI is InChI=1S/C22H29N5O4S/c1-16-15-20(25-31-16)21(28)24-12-11-17-7-9-19(10-8-17)32(29,30)27-14-13-26(22(27)23)18-5-3-2-4-6-18/h7-10,15,18,23H,2-6,11-14H2,1H3,(H,24,28). The third-order valence-electron chi connectivity index (χ3n) is 6.14. The molecule has 172 valence electrons. The highest BCUT2D eigenvalue weighted by atomic mass is 32.2. The maximum absolute atomic E-state index is 13.1. The number of rotatable bonds is 7. The molecule has 2 N–H and O–H groups in total. The molecule has 9 nitrogen and oxygen atoms in total. The number of carbonyl (C=O) groups is 1. The predicted octanol–water partition coefficient (Wildman–Crippen LogP) is 2.53. The molecule has 1 aromatic carbocycles. The van der Waals surface area contributed by atoms with Gasteiger partial charge >= 0.3 is 0 Å². The molecule has 10 heteroatoms. The molecular formula is C22H29N5O4S.